The third-order valence-corrected chi connectivity index (χ3v) is 2.25. The molecule has 2 N–H and O–H groups in total. The van der Waals surface area contributed by atoms with Crippen molar-refractivity contribution in [1.29, 1.82) is 0 Å². The van der Waals surface area contributed by atoms with E-state index in [9.17, 15) is 10.1 Å². The fourth-order valence-corrected chi connectivity index (χ4v) is 1.34. The quantitative estimate of drug-likeness (QED) is 0.605. The standard InChI is InChI=1S/C11H16N2O4/c1-11(2,7-14)12-8-4-5-9(13(15)16)10(6-8)17-3/h4-6,12,14H,7H2,1-3H3. The minimum atomic E-state index is -0.500. The zero-order valence-corrected chi connectivity index (χ0v) is 10.1. The second-order valence-corrected chi connectivity index (χ2v) is 4.31. The summed E-state index contributed by atoms with van der Waals surface area (Å²) in [5.74, 6) is 0.189. The molecule has 94 valence electrons. The zero-order valence-electron chi connectivity index (χ0n) is 10.1. The number of aliphatic hydroxyl groups is 1. The number of nitro benzene ring substituents is 1. The summed E-state index contributed by atoms with van der Waals surface area (Å²) in [6.07, 6.45) is 0. The van der Waals surface area contributed by atoms with Gasteiger partial charge in [0.05, 0.1) is 24.2 Å². The lowest BCUT2D eigenvalue weighted by molar-refractivity contribution is -0.385. The second-order valence-electron chi connectivity index (χ2n) is 4.31. The molecule has 0 saturated heterocycles. The van der Waals surface area contributed by atoms with E-state index in [0.717, 1.165) is 0 Å². The van der Waals surface area contributed by atoms with E-state index in [4.69, 9.17) is 9.84 Å². The molecule has 0 aliphatic heterocycles. The van der Waals surface area contributed by atoms with Gasteiger partial charge in [-0.1, -0.05) is 0 Å². The van der Waals surface area contributed by atoms with Gasteiger partial charge in [0.2, 0.25) is 0 Å². The summed E-state index contributed by atoms with van der Waals surface area (Å²) in [5, 5.41) is 22.9. The average Bonchev–Trinajstić information content (AvgIpc) is 2.28. The van der Waals surface area contributed by atoms with Gasteiger partial charge in [0.15, 0.2) is 5.75 Å². The van der Waals surface area contributed by atoms with Crippen molar-refractivity contribution in [3.05, 3.63) is 28.3 Å². The average molecular weight is 240 g/mol. The van der Waals surface area contributed by atoms with Gasteiger partial charge in [-0.25, -0.2) is 0 Å². The van der Waals surface area contributed by atoms with E-state index in [1.54, 1.807) is 6.07 Å². The lowest BCUT2D eigenvalue weighted by Gasteiger charge is -2.25. The molecular weight excluding hydrogens is 224 g/mol. The normalized spacial score (nSPS) is 11.1. The van der Waals surface area contributed by atoms with Gasteiger partial charge in [-0.05, 0) is 19.9 Å². The summed E-state index contributed by atoms with van der Waals surface area (Å²) in [7, 11) is 1.38. The zero-order chi connectivity index (χ0) is 13.1. The molecular formula is C11H16N2O4. The number of methoxy groups -OCH3 is 1. The monoisotopic (exact) mass is 240 g/mol. The topological polar surface area (TPSA) is 84.6 Å². The Kier molecular flexibility index (Phi) is 3.90. The van der Waals surface area contributed by atoms with E-state index >= 15 is 0 Å². The van der Waals surface area contributed by atoms with E-state index in [1.807, 2.05) is 13.8 Å². The second kappa shape index (κ2) is 5.01. The van der Waals surface area contributed by atoms with Crippen LogP contribution in [0.1, 0.15) is 13.8 Å². The Hall–Kier alpha value is -1.82. The maximum absolute atomic E-state index is 10.7. The van der Waals surface area contributed by atoms with Crippen LogP contribution in [0.15, 0.2) is 18.2 Å². The van der Waals surface area contributed by atoms with E-state index < -0.39 is 10.5 Å². The van der Waals surface area contributed by atoms with Crippen molar-refractivity contribution in [3.63, 3.8) is 0 Å². The largest absolute Gasteiger partial charge is 0.490 e. The smallest absolute Gasteiger partial charge is 0.311 e. The summed E-state index contributed by atoms with van der Waals surface area (Å²) in [6, 6.07) is 4.49. The Balaban J connectivity index is 3.02. The number of aliphatic hydroxyl groups excluding tert-OH is 1. The van der Waals surface area contributed by atoms with Crippen LogP contribution in [0.4, 0.5) is 11.4 Å². The molecule has 0 atom stereocenters. The van der Waals surface area contributed by atoms with Crippen LogP contribution in [0.2, 0.25) is 0 Å². The highest BCUT2D eigenvalue weighted by Crippen LogP contribution is 2.30. The Morgan fingerprint density at radius 2 is 2.18 bits per heavy atom. The molecule has 0 aliphatic rings. The summed E-state index contributed by atoms with van der Waals surface area (Å²) in [5.41, 5.74) is 0.0765. The van der Waals surface area contributed by atoms with Crippen molar-refractivity contribution in [2.24, 2.45) is 0 Å². The molecule has 6 nitrogen and oxygen atoms in total. The van der Waals surface area contributed by atoms with Crippen molar-refractivity contribution in [2.45, 2.75) is 19.4 Å². The number of benzene rings is 1. The highest BCUT2D eigenvalue weighted by molar-refractivity contribution is 5.58. The van der Waals surface area contributed by atoms with E-state index in [-0.39, 0.29) is 18.0 Å². The van der Waals surface area contributed by atoms with Crippen molar-refractivity contribution >= 4 is 11.4 Å². The van der Waals surface area contributed by atoms with Gasteiger partial charge >= 0.3 is 5.69 Å². The Labute approximate surface area is 99.4 Å². The molecule has 0 fully saturated rings. The van der Waals surface area contributed by atoms with Crippen molar-refractivity contribution in [1.82, 2.24) is 0 Å². The summed E-state index contributed by atoms with van der Waals surface area (Å²) in [6.45, 7) is 3.59. The van der Waals surface area contributed by atoms with E-state index in [0.29, 0.717) is 5.69 Å². The highest BCUT2D eigenvalue weighted by atomic mass is 16.6. The van der Waals surface area contributed by atoms with Gasteiger partial charge in [0.25, 0.3) is 0 Å². The molecule has 0 unspecified atom stereocenters. The van der Waals surface area contributed by atoms with Crippen LogP contribution >= 0.6 is 0 Å². The highest BCUT2D eigenvalue weighted by Gasteiger charge is 2.19. The maximum atomic E-state index is 10.7. The molecule has 1 aromatic carbocycles. The first-order valence-corrected chi connectivity index (χ1v) is 5.11. The van der Waals surface area contributed by atoms with Crippen LogP contribution in [0, 0.1) is 10.1 Å². The Morgan fingerprint density at radius 1 is 1.53 bits per heavy atom. The van der Waals surface area contributed by atoms with Crippen molar-refractivity contribution in [2.75, 3.05) is 19.0 Å². The molecule has 0 aromatic heterocycles. The molecule has 17 heavy (non-hydrogen) atoms. The van der Waals surface area contributed by atoms with Gasteiger partial charge in [-0.15, -0.1) is 0 Å². The van der Waals surface area contributed by atoms with Gasteiger partial charge < -0.3 is 15.2 Å². The molecule has 0 heterocycles. The number of hydrogen-bond acceptors (Lipinski definition) is 5. The number of anilines is 1. The molecule has 0 saturated carbocycles. The third-order valence-electron chi connectivity index (χ3n) is 2.25. The first-order valence-electron chi connectivity index (χ1n) is 5.11. The third kappa shape index (κ3) is 3.32. The number of hydrogen-bond donors (Lipinski definition) is 2. The Morgan fingerprint density at radius 3 is 2.65 bits per heavy atom. The fraction of sp³-hybridized carbons (Fsp3) is 0.455. The minimum Gasteiger partial charge on any atom is -0.490 e. The fourth-order valence-electron chi connectivity index (χ4n) is 1.34. The first kappa shape index (κ1) is 13.2. The molecule has 0 aliphatic carbocycles. The van der Waals surface area contributed by atoms with Crippen molar-refractivity contribution in [3.8, 4) is 5.75 Å². The summed E-state index contributed by atoms with van der Waals surface area (Å²) in [4.78, 5) is 10.2. The van der Waals surface area contributed by atoms with Crippen LogP contribution in [-0.2, 0) is 0 Å². The minimum absolute atomic E-state index is 0.0493. The molecule has 0 bridgehead atoms. The molecule has 1 rings (SSSR count). The van der Waals surface area contributed by atoms with Gasteiger partial charge in [0.1, 0.15) is 0 Å². The predicted molar refractivity (Wildman–Crippen MR) is 64.4 cm³/mol. The molecule has 6 heteroatoms. The predicted octanol–water partition coefficient (Wildman–Crippen LogP) is 1.79. The van der Waals surface area contributed by atoms with E-state index in [2.05, 4.69) is 5.32 Å². The SMILES string of the molecule is COc1cc(NC(C)(C)CO)ccc1[N+](=O)[O-]. The number of nitrogens with zero attached hydrogens (tertiary/aromatic N) is 1. The number of rotatable bonds is 5. The summed E-state index contributed by atoms with van der Waals surface area (Å²) >= 11 is 0. The Bertz CT molecular complexity index is 418. The van der Waals surface area contributed by atoms with Gasteiger partial charge in [-0.2, -0.15) is 0 Å². The van der Waals surface area contributed by atoms with Crippen LogP contribution < -0.4 is 10.1 Å². The van der Waals surface area contributed by atoms with Crippen LogP contribution in [0.25, 0.3) is 0 Å². The summed E-state index contributed by atoms with van der Waals surface area (Å²) < 4.78 is 4.95. The molecule has 0 radical (unpaired) electrons. The maximum Gasteiger partial charge on any atom is 0.311 e. The first-order chi connectivity index (χ1) is 7.89. The van der Waals surface area contributed by atoms with Crippen molar-refractivity contribution < 1.29 is 14.8 Å². The molecule has 0 spiro atoms. The lowest BCUT2D eigenvalue weighted by atomic mass is 10.1. The number of ether oxygens (including phenoxy) is 1. The number of nitrogens with one attached hydrogen (secondary N) is 1. The van der Waals surface area contributed by atoms with Gasteiger partial charge in [-0.3, -0.25) is 10.1 Å². The lowest BCUT2D eigenvalue weighted by Crippen LogP contribution is -2.34. The number of nitro groups is 1. The molecule has 0 amide bonds. The van der Waals surface area contributed by atoms with Crippen LogP contribution in [0.3, 0.4) is 0 Å². The van der Waals surface area contributed by atoms with E-state index in [1.165, 1.54) is 19.2 Å². The van der Waals surface area contributed by atoms with Crippen LogP contribution in [-0.4, -0.2) is 29.3 Å². The molecule has 1 aromatic rings. The van der Waals surface area contributed by atoms with Crippen LogP contribution in [0.5, 0.6) is 5.75 Å². The van der Waals surface area contributed by atoms with Gasteiger partial charge in [0, 0.05) is 17.8 Å².